The molecule has 1 saturated carbocycles. The van der Waals surface area contributed by atoms with Gasteiger partial charge >= 0.3 is 0 Å². The van der Waals surface area contributed by atoms with Crippen molar-refractivity contribution in [1.29, 1.82) is 0 Å². The second kappa shape index (κ2) is 7.44. The van der Waals surface area contributed by atoms with Crippen LogP contribution in [0.1, 0.15) is 66.2 Å². The molecule has 4 unspecified atom stereocenters. The number of hydrogen-bond donors (Lipinski definition) is 1. The molecular weight excluding hydrogens is 274 g/mol. The van der Waals surface area contributed by atoms with Gasteiger partial charge in [0, 0.05) is 19.0 Å². The van der Waals surface area contributed by atoms with E-state index < -0.39 is 0 Å². The van der Waals surface area contributed by atoms with Gasteiger partial charge in [-0.05, 0) is 49.4 Å². The van der Waals surface area contributed by atoms with E-state index in [2.05, 4.69) is 32.6 Å². The lowest BCUT2D eigenvalue weighted by Gasteiger charge is -2.39. The number of piperidine rings is 1. The molecule has 128 valence electrons. The zero-order chi connectivity index (χ0) is 16.3. The van der Waals surface area contributed by atoms with Crippen LogP contribution in [0.5, 0.6) is 0 Å². The van der Waals surface area contributed by atoms with Gasteiger partial charge in [-0.15, -0.1) is 0 Å². The molecule has 0 aromatic carbocycles. The van der Waals surface area contributed by atoms with E-state index in [4.69, 9.17) is 0 Å². The summed E-state index contributed by atoms with van der Waals surface area (Å²) in [6, 6.07) is 0. The van der Waals surface area contributed by atoms with Gasteiger partial charge in [0.15, 0.2) is 0 Å². The molecule has 2 aliphatic rings. The molecule has 22 heavy (non-hydrogen) atoms. The van der Waals surface area contributed by atoms with Crippen molar-refractivity contribution >= 4 is 5.78 Å². The van der Waals surface area contributed by atoms with Crippen molar-refractivity contribution in [1.82, 2.24) is 4.90 Å². The Morgan fingerprint density at radius 3 is 2.41 bits per heavy atom. The fourth-order valence-electron chi connectivity index (χ4n) is 4.93. The largest absolute Gasteiger partial charge is 0.393 e. The first-order valence-corrected chi connectivity index (χ1v) is 9.35. The predicted octanol–water partition coefficient (Wildman–Crippen LogP) is 3.50. The molecule has 0 amide bonds. The van der Waals surface area contributed by atoms with Crippen molar-refractivity contribution < 1.29 is 9.90 Å². The molecule has 1 aliphatic carbocycles. The normalized spacial score (nSPS) is 35.7. The van der Waals surface area contributed by atoms with Gasteiger partial charge in [-0.25, -0.2) is 0 Å². The van der Waals surface area contributed by atoms with Gasteiger partial charge in [0.25, 0.3) is 0 Å². The second-order valence-electron chi connectivity index (χ2n) is 7.95. The van der Waals surface area contributed by atoms with E-state index in [1.807, 2.05) is 0 Å². The van der Waals surface area contributed by atoms with Gasteiger partial charge in [0.1, 0.15) is 5.78 Å². The first-order valence-electron chi connectivity index (χ1n) is 9.35. The van der Waals surface area contributed by atoms with Crippen LogP contribution >= 0.6 is 0 Å². The van der Waals surface area contributed by atoms with E-state index in [0.717, 1.165) is 38.8 Å². The Labute approximate surface area is 136 Å². The molecule has 0 radical (unpaired) electrons. The van der Waals surface area contributed by atoms with E-state index >= 15 is 0 Å². The van der Waals surface area contributed by atoms with Crippen LogP contribution in [0, 0.1) is 23.2 Å². The van der Waals surface area contributed by atoms with Crippen molar-refractivity contribution in [3.05, 3.63) is 0 Å². The predicted molar refractivity (Wildman–Crippen MR) is 90.8 cm³/mol. The van der Waals surface area contributed by atoms with Crippen molar-refractivity contribution in [2.24, 2.45) is 23.2 Å². The molecule has 1 aliphatic heterocycles. The van der Waals surface area contributed by atoms with Crippen LogP contribution in [0.2, 0.25) is 0 Å². The third-order valence-electron chi connectivity index (χ3n) is 6.83. The number of nitrogens with zero attached hydrogens (tertiary/aromatic N) is 1. The maximum absolute atomic E-state index is 12.9. The number of aliphatic hydroxyl groups is 1. The van der Waals surface area contributed by atoms with E-state index in [-0.39, 0.29) is 17.4 Å². The van der Waals surface area contributed by atoms with Gasteiger partial charge in [-0.3, -0.25) is 9.69 Å². The molecule has 2 fully saturated rings. The molecule has 2 rings (SSSR count). The standard InChI is InChI=1S/C19H35NO2/c1-5-14(3)16-7-8-17(19(16,4)6-2)18(22)13-20-11-9-15(21)10-12-20/h14-17,21H,5-13H2,1-4H3. The third kappa shape index (κ3) is 3.56. The summed E-state index contributed by atoms with van der Waals surface area (Å²) in [6.07, 6.45) is 6.09. The number of aliphatic hydroxyl groups excluding tert-OH is 1. The molecule has 1 heterocycles. The van der Waals surface area contributed by atoms with Crippen molar-refractivity contribution in [2.45, 2.75) is 72.3 Å². The Morgan fingerprint density at radius 2 is 1.86 bits per heavy atom. The summed E-state index contributed by atoms with van der Waals surface area (Å²) in [5.74, 6) is 2.10. The van der Waals surface area contributed by atoms with Crippen molar-refractivity contribution in [3.63, 3.8) is 0 Å². The van der Waals surface area contributed by atoms with Crippen LogP contribution in [0.25, 0.3) is 0 Å². The van der Waals surface area contributed by atoms with Gasteiger partial charge in [-0.1, -0.05) is 34.1 Å². The highest BCUT2D eigenvalue weighted by atomic mass is 16.3. The van der Waals surface area contributed by atoms with Crippen LogP contribution in [0.3, 0.4) is 0 Å². The Hall–Kier alpha value is -0.410. The number of carbonyl (C=O) groups excluding carboxylic acids is 1. The molecule has 3 nitrogen and oxygen atoms in total. The van der Waals surface area contributed by atoms with Gasteiger partial charge in [0.2, 0.25) is 0 Å². The number of rotatable bonds is 6. The minimum atomic E-state index is -0.159. The van der Waals surface area contributed by atoms with E-state index in [1.54, 1.807) is 0 Å². The Kier molecular flexibility index (Phi) is 6.07. The highest BCUT2D eigenvalue weighted by Crippen LogP contribution is 2.53. The summed E-state index contributed by atoms with van der Waals surface area (Å²) in [6.45, 7) is 11.6. The van der Waals surface area contributed by atoms with Crippen LogP contribution in [-0.4, -0.2) is 41.5 Å². The molecular formula is C19H35NO2. The van der Waals surface area contributed by atoms with Crippen LogP contribution in [0.15, 0.2) is 0 Å². The lowest BCUT2D eigenvalue weighted by molar-refractivity contribution is -0.128. The van der Waals surface area contributed by atoms with Gasteiger partial charge in [-0.2, -0.15) is 0 Å². The Bertz CT molecular complexity index is 376. The highest BCUT2D eigenvalue weighted by molar-refractivity contribution is 5.84. The van der Waals surface area contributed by atoms with E-state index in [0.29, 0.717) is 24.2 Å². The smallest absolute Gasteiger partial charge is 0.150 e. The highest BCUT2D eigenvalue weighted by Gasteiger charge is 2.49. The zero-order valence-electron chi connectivity index (χ0n) is 15.0. The Balaban J connectivity index is 2.00. The summed E-state index contributed by atoms with van der Waals surface area (Å²) in [5, 5.41) is 9.61. The molecule has 0 spiro atoms. The van der Waals surface area contributed by atoms with E-state index in [1.165, 1.54) is 12.8 Å². The van der Waals surface area contributed by atoms with E-state index in [9.17, 15) is 9.90 Å². The summed E-state index contributed by atoms with van der Waals surface area (Å²) in [5.41, 5.74) is 0.182. The molecule has 0 aromatic rings. The van der Waals surface area contributed by atoms with Crippen molar-refractivity contribution in [2.75, 3.05) is 19.6 Å². The fourth-order valence-corrected chi connectivity index (χ4v) is 4.93. The number of likely N-dealkylation sites (tertiary alicyclic amines) is 1. The monoisotopic (exact) mass is 309 g/mol. The SMILES string of the molecule is CCC(C)C1CCC(C(=O)CN2CCC(O)CC2)C1(C)CC. The second-order valence-corrected chi connectivity index (χ2v) is 7.95. The van der Waals surface area contributed by atoms with Crippen LogP contribution in [0.4, 0.5) is 0 Å². The zero-order valence-corrected chi connectivity index (χ0v) is 15.0. The van der Waals surface area contributed by atoms with Crippen LogP contribution < -0.4 is 0 Å². The topological polar surface area (TPSA) is 40.5 Å². The summed E-state index contributed by atoms with van der Waals surface area (Å²) >= 11 is 0. The lowest BCUT2D eigenvalue weighted by atomic mass is 9.66. The maximum atomic E-state index is 12.9. The average Bonchev–Trinajstić information content (AvgIpc) is 2.87. The molecule has 0 bridgehead atoms. The summed E-state index contributed by atoms with van der Waals surface area (Å²) in [7, 11) is 0. The maximum Gasteiger partial charge on any atom is 0.150 e. The average molecular weight is 309 g/mol. The van der Waals surface area contributed by atoms with Gasteiger partial charge in [0.05, 0.1) is 12.6 Å². The number of hydrogen-bond acceptors (Lipinski definition) is 3. The van der Waals surface area contributed by atoms with Gasteiger partial charge < -0.3 is 5.11 Å². The van der Waals surface area contributed by atoms with Crippen LogP contribution in [-0.2, 0) is 4.79 Å². The quantitative estimate of drug-likeness (QED) is 0.816. The summed E-state index contributed by atoms with van der Waals surface area (Å²) in [4.78, 5) is 15.2. The molecule has 3 heteroatoms. The molecule has 0 aromatic heterocycles. The lowest BCUT2D eigenvalue weighted by Crippen LogP contribution is -2.43. The minimum absolute atomic E-state index is 0.159. The number of carbonyl (C=O) groups is 1. The number of ketones is 1. The van der Waals surface area contributed by atoms with Crippen molar-refractivity contribution in [3.8, 4) is 0 Å². The Morgan fingerprint density at radius 1 is 1.23 bits per heavy atom. The first-order chi connectivity index (χ1) is 10.4. The first kappa shape index (κ1) is 17.9. The fraction of sp³-hybridized carbons (Fsp3) is 0.947. The third-order valence-corrected chi connectivity index (χ3v) is 6.83. The summed E-state index contributed by atoms with van der Waals surface area (Å²) < 4.78 is 0. The minimum Gasteiger partial charge on any atom is -0.393 e. The number of Topliss-reactive ketones (excluding diaryl/α,β-unsaturated/α-hetero) is 1. The molecule has 1 N–H and O–H groups in total. The molecule has 1 saturated heterocycles. The molecule has 4 atom stereocenters.